The fourth-order valence-corrected chi connectivity index (χ4v) is 2.51. The van der Waals surface area contributed by atoms with Crippen molar-refractivity contribution in [2.24, 2.45) is 0 Å². The highest BCUT2D eigenvalue weighted by Crippen LogP contribution is 2.30. The number of terminal acetylenes is 1. The van der Waals surface area contributed by atoms with Gasteiger partial charge < -0.3 is 4.74 Å². The van der Waals surface area contributed by atoms with Gasteiger partial charge in [0.05, 0.1) is 23.4 Å². The average molecular weight is 405 g/mol. The number of alkyl halides is 3. The topological polar surface area (TPSA) is 53.2 Å². The summed E-state index contributed by atoms with van der Waals surface area (Å²) in [6, 6.07) is 1.94. The number of hydrogen-bond acceptors (Lipinski definition) is 3. The zero-order valence-electron chi connectivity index (χ0n) is 14.1. The summed E-state index contributed by atoms with van der Waals surface area (Å²) < 4.78 is 59.5. The SMILES string of the molecule is C#CCn1c(C(F)(F)F)cc(=O)n(-c2cc(OC(C)C)c(Cl)cc2F)c1=O. The third-order valence-corrected chi connectivity index (χ3v) is 3.63. The number of benzene rings is 1. The van der Waals surface area contributed by atoms with E-state index in [4.69, 9.17) is 22.8 Å². The minimum absolute atomic E-state index is 0.0437. The van der Waals surface area contributed by atoms with Crippen LogP contribution in [-0.4, -0.2) is 15.2 Å². The minimum Gasteiger partial charge on any atom is -0.489 e. The Morgan fingerprint density at radius 3 is 2.41 bits per heavy atom. The van der Waals surface area contributed by atoms with Crippen LogP contribution in [0.1, 0.15) is 19.5 Å². The Morgan fingerprint density at radius 2 is 1.89 bits per heavy atom. The fourth-order valence-electron chi connectivity index (χ4n) is 2.31. The molecule has 10 heteroatoms. The summed E-state index contributed by atoms with van der Waals surface area (Å²) in [5, 5.41) is -0.131. The van der Waals surface area contributed by atoms with E-state index in [1.807, 2.05) is 5.92 Å². The van der Waals surface area contributed by atoms with E-state index >= 15 is 0 Å². The molecule has 0 aliphatic rings. The Hall–Kier alpha value is -2.73. The highest BCUT2D eigenvalue weighted by atomic mass is 35.5. The summed E-state index contributed by atoms with van der Waals surface area (Å²) in [5.74, 6) is 0.766. The quantitative estimate of drug-likeness (QED) is 0.581. The molecule has 0 aliphatic heterocycles. The monoisotopic (exact) mass is 404 g/mol. The Kier molecular flexibility index (Phi) is 5.70. The molecule has 0 fully saturated rings. The normalized spacial score (nSPS) is 11.5. The molecule has 5 nitrogen and oxygen atoms in total. The standard InChI is InChI=1S/C17H13ClF4N2O3/c1-4-5-23-14(17(20,21)22)8-15(25)24(16(23)26)12-7-13(27-9(2)3)10(18)6-11(12)19/h1,6-9H,5H2,2-3H3. The molecule has 27 heavy (non-hydrogen) atoms. The molecule has 2 rings (SSSR count). The van der Waals surface area contributed by atoms with E-state index in [0.29, 0.717) is 0 Å². The lowest BCUT2D eigenvalue weighted by atomic mass is 10.2. The second-order valence-electron chi connectivity index (χ2n) is 5.67. The number of rotatable bonds is 4. The van der Waals surface area contributed by atoms with E-state index in [1.54, 1.807) is 13.8 Å². The van der Waals surface area contributed by atoms with Crippen LogP contribution >= 0.6 is 11.6 Å². The maximum Gasteiger partial charge on any atom is 0.431 e. The third-order valence-electron chi connectivity index (χ3n) is 3.34. The smallest absolute Gasteiger partial charge is 0.431 e. The van der Waals surface area contributed by atoms with Gasteiger partial charge in [0.2, 0.25) is 0 Å². The molecule has 1 aromatic carbocycles. The lowest BCUT2D eigenvalue weighted by Crippen LogP contribution is -2.42. The minimum atomic E-state index is -5.00. The fraction of sp³-hybridized carbons (Fsp3) is 0.294. The van der Waals surface area contributed by atoms with E-state index in [-0.39, 0.29) is 32.1 Å². The number of hydrogen-bond donors (Lipinski definition) is 0. The first-order valence-corrected chi connectivity index (χ1v) is 7.88. The summed E-state index contributed by atoms with van der Waals surface area (Å²) in [6.07, 6.45) is -0.352. The highest BCUT2D eigenvalue weighted by Gasteiger charge is 2.36. The van der Waals surface area contributed by atoms with E-state index in [2.05, 4.69) is 0 Å². The van der Waals surface area contributed by atoms with E-state index in [9.17, 15) is 27.2 Å². The number of nitrogens with zero attached hydrogens (tertiary/aromatic N) is 2. The van der Waals surface area contributed by atoms with Crippen LogP contribution in [0.15, 0.2) is 27.8 Å². The Morgan fingerprint density at radius 1 is 1.26 bits per heavy atom. The second-order valence-corrected chi connectivity index (χ2v) is 6.08. The van der Waals surface area contributed by atoms with Crippen molar-refractivity contribution in [1.82, 2.24) is 9.13 Å². The second kappa shape index (κ2) is 7.48. The van der Waals surface area contributed by atoms with Crippen molar-refractivity contribution in [3.05, 3.63) is 55.6 Å². The Balaban J connectivity index is 2.85. The van der Waals surface area contributed by atoms with Crippen molar-refractivity contribution < 1.29 is 22.3 Å². The van der Waals surface area contributed by atoms with Crippen LogP contribution < -0.4 is 16.0 Å². The first-order valence-electron chi connectivity index (χ1n) is 7.51. The van der Waals surface area contributed by atoms with Crippen LogP contribution in [0.5, 0.6) is 5.75 Å². The predicted octanol–water partition coefficient (Wildman–Crippen LogP) is 3.23. The molecular weight excluding hydrogens is 392 g/mol. The predicted molar refractivity (Wildman–Crippen MR) is 90.9 cm³/mol. The number of ether oxygens (including phenoxy) is 1. The lowest BCUT2D eigenvalue weighted by molar-refractivity contribution is -0.144. The van der Waals surface area contributed by atoms with Crippen LogP contribution in [0.2, 0.25) is 5.02 Å². The van der Waals surface area contributed by atoms with Crippen LogP contribution in [0.3, 0.4) is 0 Å². The third kappa shape index (κ3) is 4.17. The molecule has 144 valence electrons. The van der Waals surface area contributed by atoms with Crippen molar-refractivity contribution in [2.75, 3.05) is 0 Å². The molecule has 0 amide bonds. The van der Waals surface area contributed by atoms with Crippen LogP contribution in [0, 0.1) is 18.2 Å². The van der Waals surface area contributed by atoms with Gasteiger partial charge in [-0.1, -0.05) is 17.5 Å². The molecular formula is C17H13ClF4N2O3. The van der Waals surface area contributed by atoms with Crippen molar-refractivity contribution >= 4 is 11.6 Å². The van der Waals surface area contributed by atoms with Gasteiger partial charge in [-0.3, -0.25) is 9.36 Å². The van der Waals surface area contributed by atoms with Gasteiger partial charge in [-0.05, 0) is 19.9 Å². The summed E-state index contributed by atoms with van der Waals surface area (Å²) in [5.41, 5.74) is -4.95. The van der Waals surface area contributed by atoms with Gasteiger partial charge in [-0.25, -0.2) is 13.8 Å². The molecule has 1 heterocycles. The van der Waals surface area contributed by atoms with Crippen LogP contribution in [-0.2, 0) is 12.7 Å². The molecule has 2 aromatic rings. The molecule has 0 unspecified atom stereocenters. The maximum atomic E-state index is 14.4. The van der Waals surface area contributed by atoms with Crippen molar-refractivity contribution in [3.63, 3.8) is 0 Å². The number of halogens is 5. The van der Waals surface area contributed by atoms with Gasteiger partial charge in [0.1, 0.15) is 17.3 Å². The van der Waals surface area contributed by atoms with Gasteiger partial charge in [-0.2, -0.15) is 13.2 Å². The summed E-state index contributed by atoms with van der Waals surface area (Å²) >= 11 is 5.87. The molecule has 0 saturated heterocycles. The molecule has 0 bridgehead atoms. The van der Waals surface area contributed by atoms with Crippen molar-refractivity contribution in [3.8, 4) is 23.8 Å². The molecule has 1 aromatic heterocycles. The summed E-state index contributed by atoms with van der Waals surface area (Å²) in [6.45, 7) is 2.55. The van der Waals surface area contributed by atoms with E-state index < -0.39 is 41.2 Å². The molecule has 0 spiro atoms. The van der Waals surface area contributed by atoms with Gasteiger partial charge >= 0.3 is 11.9 Å². The van der Waals surface area contributed by atoms with Crippen LogP contribution in [0.25, 0.3) is 5.69 Å². The molecule has 0 aliphatic carbocycles. The van der Waals surface area contributed by atoms with Gasteiger partial charge in [-0.15, -0.1) is 6.42 Å². The van der Waals surface area contributed by atoms with Crippen molar-refractivity contribution in [1.29, 1.82) is 0 Å². The zero-order valence-corrected chi connectivity index (χ0v) is 14.9. The largest absolute Gasteiger partial charge is 0.489 e. The molecule has 0 atom stereocenters. The van der Waals surface area contributed by atoms with E-state index in [0.717, 1.165) is 12.1 Å². The van der Waals surface area contributed by atoms with Crippen molar-refractivity contribution in [2.45, 2.75) is 32.7 Å². The highest BCUT2D eigenvalue weighted by molar-refractivity contribution is 6.32. The molecule has 0 N–H and O–H groups in total. The molecule has 0 radical (unpaired) electrons. The maximum absolute atomic E-state index is 14.4. The lowest BCUT2D eigenvalue weighted by Gasteiger charge is -2.17. The van der Waals surface area contributed by atoms with Gasteiger partial charge in [0, 0.05) is 12.1 Å². The Bertz CT molecular complexity index is 1030. The average Bonchev–Trinajstić information content (AvgIpc) is 2.52. The van der Waals surface area contributed by atoms with Crippen LogP contribution in [0.4, 0.5) is 17.6 Å². The summed E-state index contributed by atoms with van der Waals surface area (Å²) in [4.78, 5) is 24.7. The molecule has 0 saturated carbocycles. The van der Waals surface area contributed by atoms with Gasteiger partial charge in [0.15, 0.2) is 0 Å². The first kappa shape index (κ1) is 20.6. The van der Waals surface area contributed by atoms with Gasteiger partial charge in [0.25, 0.3) is 5.56 Å². The number of aromatic nitrogens is 2. The zero-order chi connectivity index (χ0) is 20.5. The first-order chi connectivity index (χ1) is 12.5. The van der Waals surface area contributed by atoms with E-state index in [1.165, 1.54) is 0 Å². The Labute approximate surface area is 155 Å². The summed E-state index contributed by atoms with van der Waals surface area (Å²) in [7, 11) is 0.